The Morgan fingerprint density at radius 1 is 1.22 bits per heavy atom. The molecule has 1 amide bonds. The molecule has 2 aliphatic heterocycles. The second-order valence-electron chi connectivity index (χ2n) is 6.79. The molecule has 1 saturated heterocycles. The van der Waals surface area contributed by atoms with E-state index >= 15 is 0 Å². The number of carbonyl (C=O) groups excluding carboxylic acids is 1. The summed E-state index contributed by atoms with van der Waals surface area (Å²) in [6.07, 6.45) is 4.74. The van der Waals surface area contributed by atoms with Gasteiger partial charge in [-0.1, -0.05) is 11.6 Å². The third-order valence-electron chi connectivity index (χ3n) is 5.25. The zero-order chi connectivity index (χ0) is 19.0. The van der Waals surface area contributed by atoms with Crippen LogP contribution in [0.25, 0.3) is 0 Å². The molecule has 0 bridgehead atoms. The summed E-state index contributed by atoms with van der Waals surface area (Å²) in [4.78, 5) is 25.3. The number of halogens is 1. The Balaban J connectivity index is 1.65. The molecule has 1 aromatic carbocycles. The number of pyridine rings is 1. The van der Waals surface area contributed by atoms with Crippen molar-refractivity contribution in [2.45, 2.75) is 31.5 Å². The first-order valence-electron chi connectivity index (χ1n) is 8.87. The van der Waals surface area contributed by atoms with Gasteiger partial charge in [0.05, 0.1) is 36.4 Å². The SMILES string of the molecule is O=C1c2ccc(Cl)cc2CCN1c1cncc(N2C(OO)CC[C@H]2CO)c1. The highest BCUT2D eigenvalue weighted by Gasteiger charge is 2.35. The van der Waals surface area contributed by atoms with Gasteiger partial charge in [0.1, 0.15) is 0 Å². The lowest BCUT2D eigenvalue weighted by Gasteiger charge is -2.32. The van der Waals surface area contributed by atoms with E-state index in [1.807, 2.05) is 12.1 Å². The van der Waals surface area contributed by atoms with Crippen LogP contribution in [0.15, 0.2) is 36.7 Å². The molecule has 1 aromatic heterocycles. The second-order valence-corrected chi connectivity index (χ2v) is 7.23. The number of benzene rings is 1. The first kappa shape index (κ1) is 18.2. The predicted octanol–water partition coefficient (Wildman–Crippen LogP) is 2.71. The maximum absolute atomic E-state index is 12.9. The van der Waals surface area contributed by atoms with E-state index in [1.54, 1.807) is 34.3 Å². The van der Waals surface area contributed by atoms with Gasteiger partial charge in [0, 0.05) is 17.1 Å². The van der Waals surface area contributed by atoms with Crippen LogP contribution in [0.4, 0.5) is 11.4 Å². The van der Waals surface area contributed by atoms with E-state index in [-0.39, 0.29) is 18.6 Å². The summed E-state index contributed by atoms with van der Waals surface area (Å²) >= 11 is 6.03. The number of carbonyl (C=O) groups is 1. The van der Waals surface area contributed by atoms with Gasteiger partial charge in [-0.05, 0) is 49.1 Å². The van der Waals surface area contributed by atoms with Crippen LogP contribution in [0.1, 0.15) is 28.8 Å². The van der Waals surface area contributed by atoms with E-state index in [4.69, 9.17) is 11.6 Å². The van der Waals surface area contributed by atoms with E-state index in [1.165, 1.54) is 0 Å². The number of aliphatic hydroxyl groups is 1. The molecule has 8 heteroatoms. The number of amides is 1. The van der Waals surface area contributed by atoms with E-state index < -0.39 is 6.23 Å². The van der Waals surface area contributed by atoms with Crippen molar-refractivity contribution in [2.24, 2.45) is 0 Å². The molecule has 2 N–H and O–H groups in total. The Hall–Kier alpha value is -2.19. The van der Waals surface area contributed by atoms with Crippen molar-refractivity contribution in [2.75, 3.05) is 23.0 Å². The Kier molecular flexibility index (Phi) is 5.01. The Bertz CT molecular complexity index is 851. The lowest BCUT2D eigenvalue weighted by atomic mass is 9.99. The molecule has 1 fully saturated rings. The molecule has 0 saturated carbocycles. The van der Waals surface area contributed by atoms with Crippen LogP contribution in [-0.4, -0.2) is 46.7 Å². The fourth-order valence-electron chi connectivity index (χ4n) is 3.92. The average Bonchev–Trinajstić information content (AvgIpc) is 3.11. The van der Waals surface area contributed by atoms with Crippen molar-refractivity contribution in [1.29, 1.82) is 0 Å². The quantitative estimate of drug-likeness (QED) is 0.617. The summed E-state index contributed by atoms with van der Waals surface area (Å²) in [5.74, 6) is -0.0954. The number of aromatic nitrogens is 1. The van der Waals surface area contributed by atoms with Gasteiger partial charge in [-0.15, -0.1) is 0 Å². The van der Waals surface area contributed by atoms with Crippen LogP contribution in [0.5, 0.6) is 0 Å². The van der Waals surface area contributed by atoms with Crippen molar-refractivity contribution >= 4 is 28.9 Å². The van der Waals surface area contributed by atoms with Gasteiger partial charge in [0.25, 0.3) is 5.91 Å². The number of hydrogen-bond donors (Lipinski definition) is 2. The lowest BCUT2D eigenvalue weighted by Crippen LogP contribution is -2.40. The summed E-state index contributed by atoms with van der Waals surface area (Å²) in [7, 11) is 0. The van der Waals surface area contributed by atoms with Gasteiger partial charge in [-0.3, -0.25) is 9.78 Å². The minimum absolute atomic E-state index is 0.0547. The largest absolute Gasteiger partial charge is 0.394 e. The first-order valence-corrected chi connectivity index (χ1v) is 9.25. The van der Waals surface area contributed by atoms with Crippen molar-refractivity contribution in [3.63, 3.8) is 0 Å². The molecule has 0 aliphatic carbocycles. The summed E-state index contributed by atoms with van der Waals surface area (Å²) in [6.45, 7) is 0.474. The second kappa shape index (κ2) is 7.44. The fraction of sp³-hybridized carbons (Fsp3) is 0.368. The molecule has 0 radical (unpaired) electrons. The van der Waals surface area contributed by atoms with Gasteiger partial charge in [-0.25, -0.2) is 10.1 Å². The van der Waals surface area contributed by atoms with Crippen LogP contribution in [0.3, 0.4) is 0 Å². The molecular weight excluding hydrogens is 370 g/mol. The molecule has 2 aliphatic rings. The molecule has 142 valence electrons. The highest BCUT2D eigenvalue weighted by molar-refractivity contribution is 6.30. The third kappa shape index (κ3) is 3.27. The van der Waals surface area contributed by atoms with Gasteiger partial charge in [0.2, 0.25) is 0 Å². The summed E-state index contributed by atoms with van der Waals surface area (Å²) < 4.78 is 0. The van der Waals surface area contributed by atoms with Crippen LogP contribution < -0.4 is 9.80 Å². The number of aliphatic hydroxyl groups excluding tert-OH is 1. The highest BCUT2D eigenvalue weighted by atomic mass is 35.5. The number of anilines is 2. The Morgan fingerprint density at radius 3 is 2.81 bits per heavy atom. The monoisotopic (exact) mass is 389 g/mol. The van der Waals surface area contributed by atoms with Crippen LogP contribution in [0, 0.1) is 0 Å². The van der Waals surface area contributed by atoms with E-state index in [2.05, 4.69) is 9.87 Å². The topological polar surface area (TPSA) is 86.1 Å². The smallest absolute Gasteiger partial charge is 0.258 e. The minimum Gasteiger partial charge on any atom is -0.394 e. The normalized spacial score (nSPS) is 22.3. The molecule has 3 heterocycles. The predicted molar refractivity (Wildman–Crippen MR) is 101 cm³/mol. The van der Waals surface area contributed by atoms with E-state index in [0.29, 0.717) is 47.8 Å². The maximum Gasteiger partial charge on any atom is 0.258 e. The van der Waals surface area contributed by atoms with Crippen LogP contribution in [0.2, 0.25) is 5.02 Å². The number of nitrogens with zero attached hydrogens (tertiary/aromatic N) is 3. The summed E-state index contributed by atoms with van der Waals surface area (Å²) in [5, 5.41) is 19.4. The lowest BCUT2D eigenvalue weighted by molar-refractivity contribution is -0.275. The Labute approximate surface area is 161 Å². The number of hydrogen-bond acceptors (Lipinski definition) is 6. The molecule has 2 aromatic rings. The number of fused-ring (bicyclic) bond motifs is 1. The van der Waals surface area contributed by atoms with Gasteiger partial charge in [0.15, 0.2) is 6.23 Å². The van der Waals surface area contributed by atoms with Gasteiger partial charge in [-0.2, -0.15) is 0 Å². The van der Waals surface area contributed by atoms with Gasteiger partial charge >= 0.3 is 0 Å². The average molecular weight is 390 g/mol. The Morgan fingerprint density at radius 2 is 2.04 bits per heavy atom. The van der Waals surface area contributed by atoms with E-state index in [0.717, 1.165) is 5.56 Å². The molecule has 2 atom stereocenters. The molecule has 4 rings (SSSR count). The van der Waals surface area contributed by atoms with Crippen molar-refractivity contribution in [3.8, 4) is 0 Å². The van der Waals surface area contributed by atoms with E-state index in [9.17, 15) is 15.2 Å². The van der Waals surface area contributed by atoms with Crippen molar-refractivity contribution in [1.82, 2.24) is 4.98 Å². The van der Waals surface area contributed by atoms with Crippen molar-refractivity contribution in [3.05, 3.63) is 52.8 Å². The molecule has 7 nitrogen and oxygen atoms in total. The van der Waals surface area contributed by atoms with Crippen LogP contribution in [-0.2, 0) is 11.3 Å². The minimum atomic E-state index is -0.542. The number of rotatable bonds is 4. The molecule has 0 spiro atoms. The molecule has 27 heavy (non-hydrogen) atoms. The third-order valence-corrected chi connectivity index (χ3v) is 5.48. The fourth-order valence-corrected chi connectivity index (χ4v) is 4.11. The maximum atomic E-state index is 12.9. The molecule has 1 unspecified atom stereocenters. The standard InChI is InChI=1S/C19H20ClN3O4/c20-13-1-3-17-12(7-13)5-6-22(19(17)25)15-8-16(10-21-9-15)23-14(11-24)2-4-18(23)27-26/h1,3,7-10,14,18,24,26H,2,4-6,11H2/t14-,18?/m0/s1. The first-order chi connectivity index (χ1) is 13.1. The van der Waals surface area contributed by atoms with Crippen molar-refractivity contribution < 1.29 is 20.0 Å². The zero-order valence-corrected chi connectivity index (χ0v) is 15.3. The van der Waals surface area contributed by atoms with Gasteiger partial charge < -0.3 is 14.9 Å². The summed E-state index contributed by atoms with van der Waals surface area (Å²) in [5.41, 5.74) is 2.94. The molecular formula is C19H20ClN3O4. The zero-order valence-electron chi connectivity index (χ0n) is 14.6. The van der Waals surface area contributed by atoms with Crippen LogP contribution >= 0.6 is 11.6 Å². The highest BCUT2D eigenvalue weighted by Crippen LogP contribution is 2.33. The summed E-state index contributed by atoms with van der Waals surface area (Å²) in [6, 6.07) is 6.97.